The number of ether oxygens (including phenoxy) is 1. The maximum atomic E-state index is 10.9. The van der Waals surface area contributed by atoms with Gasteiger partial charge in [0.05, 0.1) is 7.11 Å². The van der Waals surface area contributed by atoms with Crippen LogP contribution in [0.3, 0.4) is 0 Å². The summed E-state index contributed by atoms with van der Waals surface area (Å²) >= 11 is 0. The lowest BCUT2D eigenvalue weighted by Crippen LogP contribution is -2.23. The molecule has 1 aliphatic rings. The number of fused-ring (bicyclic) bond motifs is 1. The van der Waals surface area contributed by atoms with Crippen molar-refractivity contribution in [3.8, 4) is 5.75 Å². The molecule has 1 aromatic rings. The number of hydrogen-bond donors (Lipinski definition) is 1. The molecular formula is C15H18O3. The average Bonchev–Trinajstić information content (AvgIpc) is 2.32. The minimum atomic E-state index is -0.890. The predicted octanol–water partition coefficient (Wildman–Crippen LogP) is 3.23. The fourth-order valence-electron chi connectivity index (χ4n) is 2.52. The summed E-state index contributed by atoms with van der Waals surface area (Å²) in [6, 6.07) is 5.92. The Bertz CT molecular complexity index is 512. The highest BCUT2D eigenvalue weighted by atomic mass is 16.5. The first-order chi connectivity index (χ1) is 8.44. The molecule has 96 valence electrons. The second kappa shape index (κ2) is 4.48. The molecule has 3 heteroatoms. The maximum absolute atomic E-state index is 10.9. The lowest BCUT2D eigenvalue weighted by atomic mass is 9.71. The van der Waals surface area contributed by atoms with Gasteiger partial charge in [-0.3, -0.25) is 0 Å². The van der Waals surface area contributed by atoms with E-state index in [1.807, 2.05) is 18.2 Å². The molecule has 18 heavy (non-hydrogen) atoms. The minimum Gasteiger partial charge on any atom is -0.497 e. The Kier molecular flexibility index (Phi) is 3.16. The Morgan fingerprint density at radius 1 is 1.44 bits per heavy atom. The zero-order valence-corrected chi connectivity index (χ0v) is 11.0. The van der Waals surface area contributed by atoms with Crippen LogP contribution < -0.4 is 4.74 Å². The van der Waals surface area contributed by atoms with Crippen LogP contribution in [-0.4, -0.2) is 18.2 Å². The first-order valence-electron chi connectivity index (χ1n) is 6.06. The first kappa shape index (κ1) is 12.7. The highest BCUT2D eigenvalue weighted by Gasteiger charge is 2.30. The highest BCUT2D eigenvalue weighted by molar-refractivity contribution is 5.91. The van der Waals surface area contributed by atoms with Crippen molar-refractivity contribution < 1.29 is 14.6 Å². The standard InChI is InChI=1S/C15H18O3/c1-15(2)7-6-10(8-14(16)17)12-9-11(18-3)4-5-13(12)15/h4-5,8-9H,6-7H2,1-3H3,(H,16,17)/b10-8+. The van der Waals surface area contributed by atoms with Crippen molar-refractivity contribution in [2.24, 2.45) is 0 Å². The Balaban J connectivity index is 2.59. The molecule has 0 amide bonds. The number of rotatable bonds is 2. The minimum absolute atomic E-state index is 0.0808. The van der Waals surface area contributed by atoms with Gasteiger partial charge in [0, 0.05) is 6.08 Å². The molecule has 0 saturated carbocycles. The van der Waals surface area contributed by atoms with Crippen LogP contribution in [0.15, 0.2) is 24.3 Å². The number of hydrogen-bond acceptors (Lipinski definition) is 2. The summed E-state index contributed by atoms with van der Waals surface area (Å²) in [5.74, 6) is -0.124. The highest BCUT2D eigenvalue weighted by Crippen LogP contribution is 2.43. The predicted molar refractivity (Wildman–Crippen MR) is 70.9 cm³/mol. The molecule has 1 aromatic carbocycles. The van der Waals surface area contributed by atoms with Gasteiger partial charge in [0.1, 0.15) is 5.75 Å². The Morgan fingerprint density at radius 2 is 2.17 bits per heavy atom. The smallest absolute Gasteiger partial charge is 0.328 e. The van der Waals surface area contributed by atoms with Gasteiger partial charge >= 0.3 is 5.97 Å². The molecule has 3 nitrogen and oxygen atoms in total. The van der Waals surface area contributed by atoms with Crippen LogP contribution >= 0.6 is 0 Å². The monoisotopic (exact) mass is 246 g/mol. The molecule has 1 N–H and O–H groups in total. The van der Waals surface area contributed by atoms with Crippen molar-refractivity contribution in [2.45, 2.75) is 32.1 Å². The summed E-state index contributed by atoms with van der Waals surface area (Å²) in [5.41, 5.74) is 3.17. The van der Waals surface area contributed by atoms with Gasteiger partial charge in [-0.25, -0.2) is 4.79 Å². The topological polar surface area (TPSA) is 46.5 Å². The third kappa shape index (κ3) is 2.26. The summed E-state index contributed by atoms with van der Waals surface area (Å²) in [5, 5.41) is 8.94. The number of carbonyl (C=O) groups is 1. The number of carboxylic acid groups (broad SMARTS) is 1. The fourth-order valence-corrected chi connectivity index (χ4v) is 2.52. The van der Waals surface area contributed by atoms with Crippen LogP contribution in [0.5, 0.6) is 5.75 Å². The van der Waals surface area contributed by atoms with E-state index in [4.69, 9.17) is 9.84 Å². The molecule has 1 aliphatic carbocycles. The average molecular weight is 246 g/mol. The van der Waals surface area contributed by atoms with Gasteiger partial charge in [-0.1, -0.05) is 19.9 Å². The maximum Gasteiger partial charge on any atom is 0.328 e. The van der Waals surface area contributed by atoms with Gasteiger partial charge in [0.25, 0.3) is 0 Å². The quantitative estimate of drug-likeness (QED) is 0.815. The molecule has 0 heterocycles. The van der Waals surface area contributed by atoms with Crippen molar-refractivity contribution in [3.05, 3.63) is 35.4 Å². The van der Waals surface area contributed by atoms with Crippen LogP contribution in [0.25, 0.3) is 5.57 Å². The summed E-state index contributed by atoms with van der Waals surface area (Å²) in [6.45, 7) is 4.38. The number of aliphatic carboxylic acids is 1. The molecule has 2 rings (SSSR count). The van der Waals surface area contributed by atoms with E-state index >= 15 is 0 Å². The second-order valence-electron chi connectivity index (χ2n) is 5.30. The molecule has 0 aromatic heterocycles. The van der Waals surface area contributed by atoms with E-state index in [0.29, 0.717) is 0 Å². The number of benzene rings is 1. The van der Waals surface area contributed by atoms with Gasteiger partial charge in [-0.15, -0.1) is 0 Å². The summed E-state index contributed by atoms with van der Waals surface area (Å²) < 4.78 is 5.23. The lowest BCUT2D eigenvalue weighted by molar-refractivity contribution is -0.131. The zero-order chi connectivity index (χ0) is 13.3. The van der Waals surface area contributed by atoms with E-state index in [1.54, 1.807) is 7.11 Å². The van der Waals surface area contributed by atoms with Crippen LogP contribution in [0, 0.1) is 0 Å². The molecule has 0 aliphatic heterocycles. The molecule has 0 radical (unpaired) electrons. The van der Waals surface area contributed by atoms with Crippen molar-refractivity contribution in [1.82, 2.24) is 0 Å². The summed E-state index contributed by atoms with van der Waals surface area (Å²) in [6.07, 6.45) is 3.07. The van der Waals surface area contributed by atoms with Crippen LogP contribution in [-0.2, 0) is 10.2 Å². The zero-order valence-electron chi connectivity index (χ0n) is 11.0. The lowest BCUT2D eigenvalue weighted by Gasteiger charge is -2.34. The summed E-state index contributed by atoms with van der Waals surface area (Å²) in [7, 11) is 1.62. The molecule has 0 unspecified atom stereocenters. The van der Waals surface area contributed by atoms with E-state index in [0.717, 1.165) is 29.7 Å². The Labute approximate surface area is 107 Å². The molecule has 0 bridgehead atoms. The van der Waals surface area contributed by atoms with E-state index in [2.05, 4.69) is 13.8 Å². The molecule has 0 spiro atoms. The Hall–Kier alpha value is -1.77. The van der Waals surface area contributed by atoms with Gasteiger partial charge in [0.2, 0.25) is 0 Å². The van der Waals surface area contributed by atoms with Crippen molar-refractivity contribution >= 4 is 11.5 Å². The van der Waals surface area contributed by atoms with E-state index in [1.165, 1.54) is 11.6 Å². The Morgan fingerprint density at radius 3 is 2.78 bits per heavy atom. The van der Waals surface area contributed by atoms with Crippen molar-refractivity contribution in [1.29, 1.82) is 0 Å². The van der Waals surface area contributed by atoms with E-state index in [9.17, 15) is 4.79 Å². The van der Waals surface area contributed by atoms with Gasteiger partial charge in [0.15, 0.2) is 0 Å². The van der Waals surface area contributed by atoms with Gasteiger partial charge in [-0.2, -0.15) is 0 Å². The summed E-state index contributed by atoms with van der Waals surface area (Å²) in [4.78, 5) is 10.9. The second-order valence-corrected chi connectivity index (χ2v) is 5.30. The van der Waals surface area contributed by atoms with Crippen LogP contribution in [0.1, 0.15) is 37.8 Å². The number of carboxylic acids is 1. The van der Waals surface area contributed by atoms with Crippen molar-refractivity contribution in [2.75, 3.05) is 7.11 Å². The fraction of sp³-hybridized carbons (Fsp3) is 0.400. The van der Waals surface area contributed by atoms with Gasteiger partial charge in [-0.05, 0) is 47.1 Å². The molecular weight excluding hydrogens is 228 g/mol. The third-order valence-corrected chi connectivity index (χ3v) is 3.62. The number of methoxy groups -OCH3 is 1. The van der Waals surface area contributed by atoms with E-state index < -0.39 is 5.97 Å². The van der Waals surface area contributed by atoms with E-state index in [-0.39, 0.29) is 5.41 Å². The van der Waals surface area contributed by atoms with Crippen LogP contribution in [0.4, 0.5) is 0 Å². The first-order valence-corrected chi connectivity index (χ1v) is 6.06. The third-order valence-electron chi connectivity index (χ3n) is 3.62. The van der Waals surface area contributed by atoms with Crippen LogP contribution in [0.2, 0.25) is 0 Å². The normalized spacial score (nSPS) is 19.4. The molecule has 0 fully saturated rings. The largest absolute Gasteiger partial charge is 0.497 e. The SMILES string of the molecule is COc1ccc2c(c1)/C(=C/C(=O)O)CCC2(C)C. The molecule has 0 saturated heterocycles. The van der Waals surface area contributed by atoms with Gasteiger partial charge < -0.3 is 9.84 Å². The number of allylic oxidation sites excluding steroid dienone is 1. The molecule has 0 atom stereocenters. The van der Waals surface area contributed by atoms with Crippen molar-refractivity contribution in [3.63, 3.8) is 0 Å².